The first-order valence-electron chi connectivity index (χ1n) is 13.5. The molecule has 2 aromatic rings. The molecule has 4 aliphatic carbocycles. The molecule has 198 valence electrons. The summed E-state index contributed by atoms with van der Waals surface area (Å²) in [4.78, 5) is 43.9. The van der Waals surface area contributed by atoms with Crippen molar-refractivity contribution in [3.8, 4) is 0 Å². The first-order chi connectivity index (χ1) is 17.7. The highest BCUT2D eigenvalue weighted by Gasteiger charge is 2.55. The molecule has 2 unspecified atom stereocenters. The van der Waals surface area contributed by atoms with Crippen LogP contribution in [0.2, 0.25) is 0 Å². The van der Waals surface area contributed by atoms with E-state index in [1.54, 1.807) is 33.0 Å². The first-order valence-corrected chi connectivity index (χ1v) is 13.5. The maximum absolute atomic E-state index is 13.3. The Kier molecular flexibility index (Phi) is 5.89. The Balaban J connectivity index is 1.16. The zero-order valence-electron chi connectivity index (χ0n) is 21.2. The fourth-order valence-electron chi connectivity index (χ4n) is 7.65. The number of aromatic nitrogens is 2. The Morgan fingerprint density at radius 1 is 1.14 bits per heavy atom. The Labute approximate surface area is 215 Å². The van der Waals surface area contributed by atoms with Crippen molar-refractivity contribution >= 4 is 28.9 Å². The molecule has 2 heterocycles. The SMILES string of the molecule is CCN(C(=O)N1CCC(C(=O)O)CC1)n1cnc2cc(C(=O)NC3C4CC5CC3CC(O)(C5)C4)ccc21. The quantitative estimate of drug-likeness (QED) is 0.569. The van der Waals surface area contributed by atoms with Gasteiger partial charge >= 0.3 is 12.0 Å². The van der Waals surface area contributed by atoms with E-state index in [1.807, 2.05) is 13.0 Å². The molecule has 1 aromatic carbocycles. The lowest BCUT2D eigenvalue weighted by Gasteiger charge is -2.58. The van der Waals surface area contributed by atoms with E-state index in [4.69, 9.17) is 0 Å². The van der Waals surface area contributed by atoms with Gasteiger partial charge in [0.2, 0.25) is 0 Å². The van der Waals surface area contributed by atoms with Crippen LogP contribution in [-0.2, 0) is 4.79 Å². The molecule has 1 aliphatic heterocycles. The number of benzene rings is 1. The molecule has 3 amide bonds. The van der Waals surface area contributed by atoms with Crippen molar-refractivity contribution in [1.82, 2.24) is 19.9 Å². The number of carbonyl (C=O) groups is 3. The van der Waals surface area contributed by atoms with Gasteiger partial charge < -0.3 is 20.4 Å². The summed E-state index contributed by atoms with van der Waals surface area (Å²) in [5.41, 5.74) is 1.36. The molecule has 1 saturated heterocycles. The molecule has 0 radical (unpaired) electrons. The highest BCUT2D eigenvalue weighted by atomic mass is 16.4. The molecule has 5 aliphatic rings. The molecule has 37 heavy (non-hydrogen) atoms. The van der Waals surface area contributed by atoms with Gasteiger partial charge in [-0.3, -0.25) is 9.59 Å². The average Bonchev–Trinajstić information content (AvgIpc) is 3.28. The van der Waals surface area contributed by atoms with E-state index in [-0.39, 0.29) is 18.0 Å². The molecular formula is C27H35N5O5. The van der Waals surface area contributed by atoms with Gasteiger partial charge in [0, 0.05) is 31.2 Å². The smallest absolute Gasteiger partial charge is 0.339 e. The molecule has 5 fully saturated rings. The van der Waals surface area contributed by atoms with Gasteiger partial charge in [-0.05, 0) is 87.8 Å². The number of imidazole rings is 1. The van der Waals surface area contributed by atoms with Gasteiger partial charge in [-0.1, -0.05) is 0 Å². The summed E-state index contributed by atoms with van der Waals surface area (Å²) in [5.74, 6) is -0.0584. The van der Waals surface area contributed by atoms with Crippen LogP contribution in [0.25, 0.3) is 11.0 Å². The van der Waals surface area contributed by atoms with Crippen LogP contribution in [0.3, 0.4) is 0 Å². The number of nitrogens with one attached hydrogen (secondary N) is 1. The minimum atomic E-state index is -0.805. The van der Waals surface area contributed by atoms with Crippen LogP contribution in [0, 0.1) is 23.7 Å². The fourth-order valence-corrected chi connectivity index (χ4v) is 7.65. The van der Waals surface area contributed by atoms with Gasteiger partial charge in [-0.15, -0.1) is 0 Å². The van der Waals surface area contributed by atoms with E-state index in [1.165, 1.54) is 0 Å². The van der Waals surface area contributed by atoms with Crippen molar-refractivity contribution in [2.24, 2.45) is 23.7 Å². The van der Waals surface area contributed by atoms with Crippen LogP contribution in [0.5, 0.6) is 0 Å². The molecule has 7 rings (SSSR count). The molecule has 4 saturated carbocycles. The number of likely N-dealkylation sites (tertiary alicyclic amines) is 1. The third kappa shape index (κ3) is 4.24. The number of fused-ring (bicyclic) bond motifs is 1. The number of rotatable bonds is 5. The molecule has 1 aromatic heterocycles. The van der Waals surface area contributed by atoms with E-state index in [0.717, 1.165) is 37.6 Å². The Bertz CT molecular complexity index is 1220. The number of amides is 3. The van der Waals surface area contributed by atoms with Gasteiger partial charge in [-0.2, -0.15) is 0 Å². The molecular weight excluding hydrogens is 474 g/mol. The number of hydrogen-bond acceptors (Lipinski definition) is 5. The van der Waals surface area contributed by atoms with E-state index in [9.17, 15) is 24.6 Å². The van der Waals surface area contributed by atoms with Crippen LogP contribution < -0.4 is 10.3 Å². The van der Waals surface area contributed by atoms with E-state index >= 15 is 0 Å². The number of aliphatic hydroxyl groups is 1. The summed E-state index contributed by atoms with van der Waals surface area (Å²) in [6.45, 7) is 3.12. The third-order valence-corrected chi connectivity index (χ3v) is 9.22. The Morgan fingerprint density at radius 3 is 2.46 bits per heavy atom. The maximum Gasteiger partial charge on any atom is 0.339 e. The lowest BCUT2D eigenvalue weighted by atomic mass is 9.52. The minimum Gasteiger partial charge on any atom is -0.481 e. The highest BCUT2D eigenvalue weighted by Crippen LogP contribution is 2.55. The zero-order chi connectivity index (χ0) is 25.9. The van der Waals surface area contributed by atoms with Crippen molar-refractivity contribution < 1.29 is 24.6 Å². The van der Waals surface area contributed by atoms with Crippen molar-refractivity contribution in [2.75, 3.05) is 24.6 Å². The van der Waals surface area contributed by atoms with Crippen molar-refractivity contribution in [2.45, 2.75) is 63.5 Å². The van der Waals surface area contributed by atoms with Crippen LogP contribution in [0.15, 0.2) is 24.5 Å². The standard InChI is InChI=1S/C27H35N5O5/c1-2-31(26(36)30-7-5-17(6-8-30)25(34)35)32-15-28-21-11-18(3-4-22(21)32)24(33)29-23-19-9-16-10-20(23)14-27(37,12-16)13-19/h3-4,11,15-17,19-20,23,37H,2,5-10,12-14H2,1H3,(H,29,33)(H,34,35). The number of carboxylic acid groups (broad SMARTS) is 1. The summed E-state index contributed by atoms with van der Waals surface area (Å²) in [6, 6.07) is 5.29. The van der Waals surface area contributed by atoms with Crippen LogP contribution in [0.4, 0.5) is 4.79 Å². The second kappa shape index (κ2) is 9.01. The van der Waals surface area contributed by atoms with Crippen molar-refractivity contribution in [3.63, 3.8) is 0 Å². The number of hydrogen-bond donors (Lipinski definition) is 3. The minimum absolute atomic E-state index is 0.107. The summed E-state index contributed by atoms with van der Waals surface area (Å²) in [6.07, 6.45) is 7.14. The predicted octanol–water partition coefficient (Wildman–Crippen LogP) is 2.58. The molecule has 10 nitrogen and oxygen atoms in total. The van der Waals surface area contributed by atoms with Gasteiger partial charge in [0.25, 0.3) is 5.91 Å². The number of carboxylic acids is 1. The van der Waals surface area contributed by atoms with Gasteiger partial charge in [0.05, 0.1) is 22.6 Å². The Hall–Kier alpha value is -3.14. The lowest BCUT2D eigenvalue weighted by molar-refractivity contribution is -0.143. The molecule has 10 heteroatoms. The fraction of sp³-hybridized carbons (Fsp3) is 0.630. The summed E-state index contributed by atoms with van der Waals surface area (Å²) in [7, 11) is 0. The van der Waals surface area contributed by atoms with Crippen LogP contribution in [-0.4, -0.2) is 74.0 Å². The molecule has 2 atom stereocenters. The maximum atomic E-state index is 13.3. The van der Waals surface area contributed by atoms with Gasteiger partial charge in [-0.25, -0.2) is 19.5 Å². The first kappa shape index (κ1) is 24.2. The number of nitrogens with zero attached hydrogens (tertiary/aromatic N) is 4. The van der Waals surface area contributed by atoms with Crippen molar-refractivity contribution in [3.05, 3.63) is 30.1 Å². The topological polar surface area (TPSA) is 128 Å². The second-order valence-electron chi connectivity index (χ2n) is 11.6. The number of carbonyl (C=O) groups excluding carboxylic acids is 2. The molecule has 0 spiro atoms. The summed E-state index contributed by atoms with van der Waals surface area (Å²) >= 11 is 0. The van der Waals surface area contributed by atoms with Crippen LogP contribution >= 0.6 is 0 Å². The van der Waals surface area contributed by atoms with E-state index < -0.39 is 17.5 Å². The monoisotopic (exact) mass is 509 g/mol. The van der Waals surface area contributed by atoms with Crippen LogP contribution in [0.1, 0.15) is 62.2 Å². The van der Waals surface area contributed by atoms with Crippen molar-refractivity contribution in [1.29, 1.82) is 0 Å². The average molecular weight is 510 g/mol. The Morgan fingerprint density at radius 2 is 1.84 bits per heavy atom. The van der Waals surface area contributed by atoms with E-state index in [0.29, 0.717) is 61.3 Å². The third-order valence-electron chi connectivity index (χ3n) is 9.22. The number of urea groups is 1. The summed E-state index contributed by atoms with van der Waals surface area (Å²) < 4.78 is 1.71. The number of piperidine rings is 1. The predicted molar refractivity (Wildman–Crippen MR) is 136 cm³/mol. The largest absolute Gasteiger partial charge is 0.481 e. The molecule has 4 bridgehead atoms. The van der Waals surface area contributed by atoms with E-state index in [2.05, 4.69) is 10.3 Å². The zero-order valence-corrected chi connectivity index (χ0v) is 21.2. The highest BCUT2D eigenvalue weighted by molar-refractivity contribution is 5.98. The van der Waals surface area contributed by atoms with Gasteiger partial charge in [0.15, 0.2) is 0 Å². The molecule has 3 N–H and O–H groups in total. The second-order valence-corrected chi connectivity index (χ2v) is 11.6. The summed E-state index contributed by atoms with van der Waals surface area (Å²) in [5, 5.41) is 24.9. The number of aliphatic carboxylic acids is 1. The normalized spacial score (nSPS) is 31.0. The van der Waals surface area contributed by atoms with Gasteiger partial charge in [0.1, 0.15) is 6.33 Å². The lowest BCUT2D eigenvalue weighted by Crippen LogP contribution is -2.61.